The van der Waals surface area contributed by atoms with Crippen molar-refractivity contribution in [1.82, 2.24) is 5.32 Å². The molecule has 2 N–H and O–H groups in total. The molecule has 1 amide bonds. The van der Waals surface area contributed by atoms with Gasteiger partial charge in [0.1, 0.15) is 0 Å². The molecule has 0 saturated carbocycles. The van der Waals surface area contributed by atoms with Crippen LogP contribution in [-0.4, -0.2) is 17.6 Å². The van der Waals surface area contributed by atoms with Gasteiger partial charge in [-0.25, -0.2) is 0 Å². The molecule has 3 nitrogen and oxygen atoms in total. The lowest BCUT2D eigenvalue weighted by Gasteiger charge is -2.24. The highest BCUT2D eigenvalue weighted by molar-refractivity contribution is 7.10. The molecule has 0 aliphatic carbocycles. The van der Waals surface area contributed by atoms with E-state index in [1.807, 2.05) is 41.8 Å². The van der Waals surface area contributed by atoms with E-state index in [9.17, 15) is 9.90 Å². The van der Waals surface area contributed by atoms with Crippen molar-refractivity contribution in [2.75, 3.05) is 6.54 Å². The molecule has 0 saturated heterocycles. The highest BCUT2D eigenvalue weighted by Crippen LogP contribution is 2.26. The summed E-state index contributed by atoms with van der Waals surface area (Å²) < 4.78 is 0. The predicted octanol–water partition coefficient (Wildman–Crippen LogP) is 3.27. The number of rotatable bonds is 6. The monoisotopic (exact) mass is 303 g/mol. The van der Waals surface area contributed by atoms with Crippen LogP contribution in [0.3, 0.4) is 0 Å². The molecule has 0 aliphatic heterocycles. The zero-order chi connectivity index (χ0) is 15.3. The summed E-state index contributed by atoms with van der Waals surface area (Å²) in [6.45, 7) is 4.77. The van der Waals surface area contributed by atoms with Crippen LogP contribution in [0.15, 0.2) is 47.8 Å². The van der Waals surface area contributed by atoms with Gasteiger partial charge in [-0.1, -0.05) is 50.2 Å². The van der Waals surface area contributed by atoms with Crippen molar-refractivity contribution < 1.29 is 9.90 Å². The van der Waals surface area contributed by atoms with Gasteiger partial charge in [-0.2, -0.15) is 0 Å². The van der Waals surface area contributed by atoms with E-state index in [1.54, 1.807) is 11.3 Å². The first kappa shape index (κ1) is 15.7. The van der Waals surface area contributed by atoms with Gasteiger partial charge in [-0.3, -0.25) is 4.79 Å². The maximum Gasteiger partial charge on any atom is 0.222 e. The van der Waals surface area contributed by atoms with E-state index in [-0.39, 0.29) is 17.7 Å². The number of benzene rings is 1. The smallest absolute Gasteiger partial charge is 0.222 e. The molecule has 2 aromatic rings. The Morgan fingerprint density at radius 2 is 1.95 bits per heavy atom. The number of aliphatic hydroxyl groups is 1. The molecular weight excluding hydrogens is 282 g/mol. The van der Waals surface area contributed by atoms with Crippen LogP contribution in [0.5, 0.6) is 0 Å². The van der Waals surface area contributed by atoms with Crippen molar-refractivity contribution in [1.29, 1.82) is 0 Å². The molecule has 1 unspecified atom stereocenters. The van der Waals surface area contributed by atoms with E-state index >= 15 is 0 Å². The van der Waals surface area contributed by atoms with Gasteiger partial charge in [0, 0.05) is 16.8 Å². The minimum Gasteiger partial charge on any atom is -0.388 e. The Morgan fingerprint density at radius 3 is 2.57 bits per heavy atom. The lowest BCUT2D eigenvalue weighted by Crippen LogP contribution is -2.36. The second-order valence-corrected chi connectivity index (χ2v) is 6.72. The van der Waals surface area contributed by atoms with Gasteiger partial charge in [0.2, 0.25) is 5.91 Å². The SMILES string of the molecule is CC(C)(CNC(=O)CC(O)c1ccccc1)c1cccs1. The molecule has 0 aliphatic rings. The lowest BCUT2D eigenvalue weighted by atomic mass is 9.91. The fraction of sp³-hybridized carbons (Fsp3) is 0.353. The minimum absolute atomic E-state index is 0.0878. The number of aliphatic hydroxyl groups excluding tert-OH is 1. The Balaban J connectivity index is 1.85. The Morgan fingerprint density at radius 1 is 1.24 bits per heavy atom. The number of hydrogen-bond donors (Lipinski definition) is 2. The number of carbonyl (C=O) groups is 1. The van der Waals surface area contributed by atoms with Crippen molar-refractivity contribution in [3.8, 4) is 0 Å². The van der Waals surface area contributed by atoms with Gasteiger partial charge in [-0.05, 0) is 17.0 Å². The van der Waals surface area contributed by atoms with E-state index in [1.165, 1.54) is 4.88 Å². The van der Waals surface area contributed by atoms with Gasteiger partial charge in [0.15, 0.2) is 0 Å². The van der Waals surface area contributed by atoms with Gasteiger partial charge < -0.3 is 10.4 Å². The standard InChI is InChI=1S/C17H21NO2S/c1-17(2,15-9-6-10-21-15)12-18-16(20)11-14(19)13-7-4-3-5-8-13/h3-10,14,19H,11-12H2,1-2H3,(H,18,20). The topological polar surface area (TPSA) is 49.3 Å². The molecule has 4 heteroatoms. The molecule has 0 spiro atoms. The van der Waals surface area contributed by atoms with Crippen LogP contribution in [0.25, 0.3) is 0 Å². The molecule has 0 radical (unpaired) electrons. The highest BCUT2D eigenvalue weighted by atomic mass is 32.1. The Labute approximate surface area is 129 Å². The number of thiophene rings is 1. The van der Waals surface area contributed by atoms with E-state index in [2.05, 4.69) is 25.2 Å². The zero-order valence-electron chi connectivity index (χ0n) is 12.4. The van der Waals surface area contributed by atoms with Gasteiger partial charge in [0.05, 0.1) is 12.5 Å². The normalized spacial score (nSPS) is 12.9. The highest BCUT2D eigenvalue weighted by Gasteiger charge is 2.23. The molecule has 0 fully saturated rings. The third kappa shape index (κ3) is 4.41. The first-order chi connectivity index (χ1) is 9.99. The molecular formula is C17H21NO2S. The van der Waals surface area contributed by atoms with Crippen LogP contribution in [0.1, 0.15) is 36.8 Å². The fourth-order valence-corrected chi connectivity index (χ4v) is 2.96. The van der Waals surface area contributed by atoms with Crippen molar-refractivity contribution in [2.24, 2.45) is 0 Å². The predicted molar refractivity (Wildman–Crippen MR) is 86.4 cm³/mol. The van der Waals surface area contributed by atoms with E-state index < -0.39 is 6.10 Å². The summed E-state index contributed by atoms with van der Waals surface area (Å²) in [5.74, 6) is -0.129. The van der Waals surface area contributed by atoms with Gasteiger partial charge in [-0.15, -0.1) is 11.3 Å². The first-order valence-electron chi connectivity index (χ1n) is 7.03. The zero-order valence-corrected chi connectivity index (χ0v) is 13.2. The Kier molecular flexibility index (Phi) is 5.15. The van der Waals surface area contributed by atoms with E-state index in [4.69, 9.17) is 0 Å². The van der Waals surface area contributed by atoms with Crippen molar-refractivity contribution in [3.63, 3.8) is 0 Å². The summed E-state index contributed by atoms with van der Waals surface area (Å²) >= 11 is 1.69. The van der Waals surface area contributed by atoms with Gasteiger partial charge in [0.25, 0.3) is 0 Å². The number of nitrogens with one attached hydrogen (secondary N) is 1. The number of carbonyl (C=O) groups excluding carboxylic acids is 1. The average molecular weight is 303 g/mol. The molecule has 1 aromatic heterocycles. The van der Waals surface area contributed by atoms with Crippen molar-refractivity contribution >= 4 is 17.2 Å². The van der Waals surface area contributed by atoms with Crippen LogP contribution in [0, 0.1) is 0 Å². The third-order valence-corrected chi connectivity index (χ3v) is 4.71. The third-order valence-electron chi connectivity index (χ3n) is 3.48. The molecule has 1 heterocycles. The summed E-state index contributed by atoms with van der Waals surface area (Å²) in [6.07, 6.45) is -0.666. The Hall–Kier alpha value is -1.65. The number of amides is 1. The fourth-order valence-electron chi connectivity index (χ4n) is 2.11. The maximum absolute atomic E-state index is 12.0. The maximum atomic E-state index is 12.0. The Bertz CT molecular complexity index is 564. The van der Waals surface area contributed by atoms with Crippen LogP contribution in [0.2, 0.25) is 0 Å². The van der Waals surface area contributed by atoms with E-state index in [0.29, 0.717) is 6.54 Å². The summed E-state index contributed by atoms with van der Waals surface area (Å²) in [4.78, 5) is 13.2. The molecule has 2 rings (SSSR count). The summed E-state index contributed by atoms with van der Waals surface area (Å²) in [6, 6.07) is 13.4. The summed E-state index contributed by atoms with van der Waals surface area (Å²) in [5, 5.41) is 15.0. The summed E-state index contributed by atoms with van der Waals surface area (Å²) in [5.41, 5.74) is 0.673. The summed E-state index contributed by atoms with van der Waals surface area (Å²) in [7, 11) is 0. The van der Waals surface area contributed by atoms with Gasteiger partial charge >= 0.3 is 0 Å². The average Bonchev–Trinajstić information content (AvgIpc) is 3.01. The van der Waals surface area contributed by atoms with Crippen LogP contribution in [0.4, 0.5) is 0 Å². The second-order valence-electron chi connectivity index (χ2n) is 5.77. The van der Waals surface area contributed by atoms with Crippen LogP contribution >= 0.6 is 11.3 Å². The molecule has 1 aromatic carbocycles. The van der Waals surface area contributed by atoms with Crippen molar-refractivity contribution in [2.45, 2.75) is 31.8 Å². The first-order valence-corrected chi connectivity index (χ1v) is 7.91. The second kappa shape index (κ2) is 6.87. The molecule has 21 heavy (non-hydrogen) atoms. The molecule has 112 valence electrons. The lowest BCUT2D eigenvalue weighted by molar-refractivity contribution is -0.123. The van der Waals surface area contributed by atoms with Crippen LogP contribution in [-0.2, 0) is 10.2 Å². The van der Waals surface area contributed by atoms with Crippen LogP contribution < -0.4 is 5.32 Å². The molecule has 0 bridgehead atoms. The molecule has 1 atom stereocenters. The van der Waals surface area contributed by atoms with E-state index in [0.717, 1.165) is 5.56 Å². The minimum atomic E-state index is -0.754. The number of hydrogen-bond acceptors (Lipinski definition) is 3. The quantitative estimate of drug-likeness (QED) is 0.860. The van der Waals surface area contributed by atoms with Crippen molar-refractivity contribution in [3.05, 3.63) is 58.3 Å². The largest absolute Gasteiger partial charge is 0.388 e.